The molecule has 0 amide bonds. The molecule has 3 heteroatoms. The van der Waals surface area contributed by atoms with Gasteiger partial charge in [0, 0.05) is 10.9 Å². The summed E-state index contributed by atoms with van der Waals surface area (Å²) < 4.78 is 0. The van der Waals surface area contributed by atoms with E-state index < -0.39 is 0 Å². The van der Waals surface area contributed by atoms with Gasteiger partial charge < -0.3 is 5.32 Å². The van der Waals surface area contributed by atoms with Crippen LogP contribution in [0.1, 0.15) is 36.2 Å². The molecule has 0 saturated carbocycles. The lowest BCUT2D eigenvalue weighted by molar-refractivity contribution is 0.230. The SMILES string of the molecule is CCCN1CCC(CNC)C1c1sccc1C. The molecule has 0 spiro atoms. The molecule has 17 heavy (non-hydrogen) atoms. The average molecular weight is 252 g/mol. The predicted octanol–water partition coefficient (Wildman–Crippen LogP) is 3.05. The fourth-order valence-corrected chi connectivity index (χ4v) is 4.16. The summed E-state index contributed by atoms with van der Waals surface area (Å²) in [4.78, 5) is 4.28. The zero-order valence-corrected chi connectivity index (χ0v) is 12.0. The molecule has 0 aliphatic carbocycles. The molecule has 1 saturated heterocycles. The summed E-state index contributed by atoms with van der Waals surface area (Å²) in [6.07, 6.45) is 2.59. The summed E-state index contributed by atoms with van der Waals surface area (Å²) in [5.41, 5.74) is 1.48. The van der Waals surface area contributed by atoms with Crippen LogP contribution in [0.5, 0.6) is 0 Å². The lowest BCUT2D eigenvalue weighted by Gasteiger charge is -2.28. The number of aryl methyl sites for hydroxylation is 1. The average Bonchev–Trinajstić information content (AvgIpc) is 2.87. The maximum absolute atomic E-state index is 3.36. The van der Waals surface area contributed by atoms with Crippen molar-refractivity contribution in [3.8, 4) is 0 Å². The molecule has 2 atom stereocenters. The summed E-state index contributed by atoms with van der Waals surface area (Å²) in [7, 11) is 2.07. The second-order valence-corrected chi connectivity index (χ2v) is 6.00. The van der Waals surface area contributed by atoms with Crippen molar-refractivity contribution in [2.45, 2.75) is 32.7 Å². The molecule has 0 radical (unpaired) electrons. The lowest BCUT2D eigenvalue weighted by Crippen LogP contribution is -2.29. The van der Waals surface area contributed by atoms with Crippen LogP contribution in [-0.2, 0) is 0 Å². The Morgan fingerprint density at radius 1 is 1.53 bits per heavy atom. The van der Waals surface area contributed by atoms with Gasteiger partial charge in [-0.1, -0.05) is 6.92 Å². The molecule has 1 aliphatic heterocycles. The van der Waals surface area contributed by atoms with Gasteiger partial charge in [-0.2, -0.15) is 0 Å². The first-order valence-corrected chi connectivity index (χ1v) is 7.58. The number of likely N-dealkylation sites (tertiary alicyclic amines) is 1. The molecular weight excluding hydrogens is 228 g/mol. The Morgan fingerprint density at radius 2 is 2.35 bits per heavy atom. The first-order chi connectivity index (χ1) is 8.27. The van der Waals surface area contributed by atoms with E-state index in [0.29, 0.717) is 6.04 Å². The zero-order chi connectivity index (χ0) is 12.3. The van der Waals surface area contributed by atoms with Crippen molar-refractivity contribution in [1.29, 1.82) is 0 Å². The van der Waals surface area contributed by atoms with E-state index in [4.69, 9.17) is 0 Å². The molecule has 1 aliphatic rings. The lowest BCUT2D eigenvalue weighted by atomic mass is 9.97. The van der Waals surface area contributed by atoms with Crippen LogP contribution in [0, 0.1) is 12.8 Å². The van der Waals surface area contributed by atoms with E-state index in [9.17, 15) is 0 Å². The zero-order valence-electron chi connectivity index (χ0n) is 11.2. The van der Waals surface area contributed by atoms with Gasteiger partial charge in [-0.05, 0) is 69.4 Å². The Hall–Kier alpha value is -0.380. The van der Waals surface area contributed by atoms with Gasteiger partial charge in [0.1, 0.15) is 0 Å². The van der Waals surface area contributed by atoms with Crippen LogP contribution in [0.3, 0.4) is 0 Å². The predicted molar refractivity (Wildman–Crippen MR) is 75.7 cm³/mol. The third-order valence-electron chi connectivity index (χ3n) is 3.77. The van der Waals surface area contributed by atoms with Crippen LogP contribution >= 0.6 is 11.3 Å². The highest BCUT2D eigenvalue weighted by Gasteiger charge is 2.35. The van der Waals surface area contributed by atoms with Crippen molar-refractivity contribution in [3.05, 3.63) is 21.9 Å². The summed E-state index contributed by atoms with van der Waals surface area (Å²) >= 11 is 1.94. The van der Waals surface area contributed by atoms with Crippen molar-refractivity contribution in [2.24, 2.45) is 5.92 Å². The topological polar surface area (TPSA) is 15.3 Å². The van der Waals surface area contributed by atoms with Gasteiger partial charge in [-0.3, -0.25) is 4.90 Å². The number of nitrogens with zero attached hydrogens (tertiary/aromatic N) is 1. The Bertz CT molecular complexity index is 334. The van der Waals surface area contributed by atoms with Crippen LogP contribution in [0.4, 0.5) is 0 Å². The van der Waals surface area contributed by atoms with Gasteiger partial charge in [0.15, 0.2) is 0 Å². The normalized spacial score (nSPS) is 25.6. The molecular formula is C14H24N2S. The smallest absolute Gasteiger partial charge is 0.0484 e. The maximum atomic E-state index is 3.36. The van der Waals surface area contributed by atoms with Crippen molar-refractivity contribution >= 4 is 11.3 Å². The van der Waals surface area contributed by atoms with E-state index in [1.165, 1.54) is 31.5 Å². The first-order valence-electron chi connectivity index (χ1n) is 6.70. The third-order valence-corrected chi connectivity index (χ3v) is 4.86. The fraction of sp³-hybridized carbons (Fsp3) is 0.714. The molecule has 0 bridgehead atoms. The molecule has 1 N–H and O–H groups in total. The number of rotatable bonds is 5. The van der Waals surface area contributed by atoms with E-state index in [1.54, 1.807) is 4.88 Å². The van der Waals surface area contributed by atoms with Crippen molar-refractivity contribution in [1.82, 2.24) is 10.2 Å². The Morgan fingerprint density at radius 3 is 2.94 bits per heavy atom. The maximum Gasteiger partial charge on any atom is 0.0484 e. The van der Waals surface area contributed by atoms with E-state index in [2.05, 4.69) is 42.6 Å². The van der Waals surface area contributed by atoms with E-state index in [-0.39, 0.29) is 0 Å². The molecule has 1 aromatic heterocycles. The molecule has 1 aromatic rings. The van der Waals surface area contributed by atoms with Crippen LogP contribution in [0.15, 0.2) is 11.4 Å². The van der Waals surface area contributed by atoms with Crippen LogP contribution in [0.25, 0.3) is 0 Å². The quantitative estimate of drug-likeness (QED) is 0.866. The minimum absolute atomic E-state index is 0.655. The standard InChI is InChI=1S/C14H24N2S/c1-4-7-16-8-5-12(10-15-3)13(16)14-11(2)6-9-17-14/h6,9,12-13,15H,4-5,7-8,10H2,1-3H3. The van der Waals surface area contributed by atoms with Crippen molar-refractivity contribution < 1.29 is 0 Å². The fourth-order valence-electron chi connectivity index (χ4n) is 3.01. The summed E-state index contributed by atoms with van der Waals surface area (Å²) in [5, 5.41) is 5.60. The largest absolute Gasteiger partial charge is 0.319 e. The Kier molecular flexibility index (Phi) is 4.60. The first kappa shape index (κ1) is 13.1. The van der Waals surface area contributed by atoms with Gasteiger partial charge in [0.25, 0.3) is 0 Å². The second kappa shape index (κ2) is 5.98. The number of thiophene rings is 1. The molecule has 2 unspecified atom stereocenters. The number of nitrogens with one attached hydrogen (secondary N) is 1. The van der Waals surface area contributed by atoms with Crippen molar-refractivity contribution in [3.63, 3.8) is 0 Å². The molecule has 2 rings (SSSR count). The molecule has 1 fully saturated rings. The summed E-state index contributed by atoms with van der Waals surface area (Å²) in [5.74, 6) is 0.781. The molecule has 2 nitrogen and oxygen atoms in total. The summed E-state index contributed by atoms with van der Waals surface area (Å²) in [6, 6.07) is 2.92. The van der Waals surface area contributed by atoms with E-state index in [0.717, 1.165) is 12.5 Å². The third kappa shape index (κ3) is 2.72. The number of hydrogen-bond acceptors (Lipinski definition) is 3. The monoisotopic (exact) mass is 252 g/mol. The highest BCUT2D eigenvalue weighted by atomic mass is 32.1. The minimum atomic E-state index is 0.655. The van der Waals surface area contributed by atoms with Gasteiger partial charge in [-0.15, -0.1) is 11.3 Å². The van der Waals surface area contributed by atoms with Gasteiger partial charge in [0.05, 0.1) is 0 Å². The molecule has 96 valence electrons. The Balaban J connectivity index is 2.20. The highest BCUT2D eigenvalue weighted by Crippen LogP contribution is 2.40. The van der Waals surface area contributed by atoms with Gasteiger partial charge >= 0.3 is 0 Å². The van der Waals surface area contributed by atoms with E-state index >= 15 is 0 Å². The van der Waals surface area contributed by atoms with E-state index in [1.807, 2.05) is 11.3 Å². The highest BCUT2D eigenvalue weighted by molar-refractivity contribution is 7.10. The summed E-state index contributed by atoms with van der Waals surface area (Å²) in [6.45, 7) is 8.18. The van der Waals surface area contributed by atoms with Gasteiger partial charge in [0.2, 0.25) is 0 Å². The van der Waals surface area contributed by atoms with Crippen LogP contribution in [0.2, 0.25) is 0 Å². The van der Waals surface area contributed by atoms with Crippen LogP contribution in [-0.4, -0.2) is 31.6 Å². The van der Waals surface area contributed by atoms with Gasteiger partial charge in [-0.25, -0.2) is 0 Å². The van der Waals surface area contributed by atoms with Crippen LogP contribution < -0.4 is 5.32 Å². The molecule has 0 aromatic carbocycles. The van der Waals surface area contributed by atoms with Crippen molar-refractivity contribution in [2.75, 3.05) is 26.7 Å². The molecule has 2 heterocycles. The number of hydrogen-bond donors (Lipinski definition) is 1. The minimum Gasteiger partial charge on any atom is -0.319 e. The second-order valence-electron chi connectivity index (χ2n) is 5.06. The Labute approximate surface area is 109 Å².